The number of rotatable bonds is 9. The van der Waals surface area contributed by atoms with E-state index in [9.17, 15) is 52.7 Å². The van der Waals surface area contributed by atoms with Gasteiger partial charge >= 0.3 is 0 Å². The zero-order chi connectivity index (χ0) is 36.3. The number of likely N-dealkylation sites (tertiary alicyclic amines) is 1. The molecule has 0 N–H and O–H groups in total. The van der Waals surface area contributed by atoms with Crippen molar-refractivity contribution in [1.29, 1.82) is 0 Å². The maximum Gasteiger partial charge on any atom is 0.194 e. The molecule has 0 spiro atoms. The molecule has 0 amide bonds. The lowest BCUT2D eigenvalue weighted by molar-refractivity contribution is -0.897. The Morgan fingerprint density at radius 1 is 0.449 bits per heavy atom. The van der Waals surface area contributed by atoms with Crippen molar-refractivity contribution < 1.29 is 57.2 Å². The molecule has 0 radical (unpaired) electrons. The SMILES string of the molecule is CCCCCC[N+]1(C)CCCC1.Fc1cc([B-](c2cc(F)c(F)c(F)c2)(c2cc(F)c(F)c(F)c2)c2cc(F)c(F)c(F)c2)cc(F)c1F. The van der Waals surface area contributed by atoms with Crippen LogP contribution in [0, 0.1) is 69.8 Å². The molecule has 0 aliphatic carbocycles. The molecule has 4 aromatic carbocycles. The summed E-state index contributed by atoms with van der Waals surface area (Å²) in [6, 6.07) is 1.41. The van der Waals surface area contributed by atoms with Crippen molar-refractivity contribution in [3.8, 4) is 0 Å². The van der Waals surface area contributed by atoms with Crippen LogP contribution in [0.1, 0.15) is 45.4 Å². The van der Waals surface area contributed by atoms with Crippen molar-refractivity contribution in [2.24, 2.45) is 0 Å². The number of hydrogen-bond donors (Lipinski definition) is 0. The summed E-state index contributed by atoms with van der Waals surface area (Å²) in [6.07, 6.45) is 4.60. The predicted molar refractivity (Wildman–Crippen MR) is 164 cm³/mol. The molecule has 264 valence electrons. The number of hydrogen-bond acceptors (Lipinski definition) is 0. The van der Waals surface area contributed by atoms with Gasteiger partial charge in [0.15, 0.2) is 69.8 Å². The van der Waals surface area contributed by atoms with Crippen LogP contribution < -0.4 is 21.9 Å². The van der Waals surface area contributed by atoms with E-state index in [2.05, 4.69) is 14.0 Å². The third-order valence-electron chi connectivity index (χ3n) is 9.22. The maximum absolute atomic E-state index is 14.4. The van der Waals surface area contributed by atoms with Gasteiger partial charge in [-0.15, -0.1) is 0 Å². The van der Waals surface area contributed by atoms with E-state index in [4.69, 9.17) is 0 Å². The molecule has 0 unspecified atom stereocenters. The van der Waals surface area contributed by atoms with E-state index in [1.807, 2.05) is 0 Å². The Labute approximate surface area is 275 Å². The van der Waals surface area contributed by atoms with Gasteiger partial charge in [0.25, 0.3) is 0 Å². The minimum atomic E-state index is -4.01. The first-order valence-corrected chi connectivity index (χ1v) is 15.6. The van der Waals surface area contributed by atoms with Gasteiger partial charge in [0.05, 0.1) is 26.7 Å². The summed E-state index contributed by atoms with van der Waals surface area (Å²) >= 11 is 0. The van der Waals surface area contributed by atoms with Gasteiger partial charge in [-0.25, -0.2) is 52.7 Å². The monoisotopic (exact) mass is 705 g/mol. The van der Waals surface area contributed by atoms with Crippen molar-refractivity contribution in [2.75, 3.05) is 26.7 Å². The van der Waals surface area contributed by atoms with E-state index in [-0.39, 0.29) is 48.5 Å². The molecule has 5 rings (SSSR count). The van der Waals surface area contributed by atoms with Crippen LogP contribution in [0.4, 0.5) is 52.7 Å². The Balaban J connectivity index is 0.000000380. The van der Waals surface area contributed by atoms with Crippen LogP contribution in [0.5, 0.6) is 0 Å². The molecule has 49 heavy (non-hydrogen) atoms. The largest absolute Gasteiger partial charge is 0.326 e. The number of nitrogens with zero attached hydrogens (tertiary/aromatic N) is 1. The van der Waals surface area contributed by atoms with E-state index in [0.29, 0.717) is 0 Å². The van der Waals surface area contributed by atoms with Gasteiger partial charge in [-0.05, 0) is 12.8 Å². The lowest BCUT2D eigenvalue weighted by Gasteiger charge is -2.44. The lowest BCUT2D eigenvalue weighted by Crippen LogP contribution is -2.75. The molecule has 4 aromatic rings. The number of halogens is 12. The molecule has 1 fully saturated rings. The molecule has 0 aromatic heterocycles. The summed E-state index contributed by atoms with van der Waals surface area (Å²) in [5.74, 6) is -24.0. The average molecular weight is 705 g/mol. The second-order valence-corrected chi connectivity index (χ2v) is 12.6. The van der Waals surface area contributed by atoms with Gasteiger partial charge in [0, 0.05) is 12.8 Å². The van der Waals surface area contributed by atoms with Gasteiger partial charge in [-0.3, -0.25) is 0 Å². The summed E-state index contributed by atoms with van der Waals surface area (Å²) in [6.45, 7) is 6.59. The van der Waals surface area contributed by atoms with E-state index < -0.39 is 97.8 Å². The van der Waals surface area contributed by atoms with Gasteiger partial charge in [-0.2, -0.15) is 21.9 Å². The summed E-state index contributed by atoms with van der Waals surface area (Å²) in [5, 5.41) is 0. The van der Waals surface area contributed by atoms with Crippen LogP contribution in [0.3, 0.4) is 0 Å². The number of quaternary nitrogens is 1. The quantitative estimate of drug-likeness (QED) is 0.0556. The number of benzene rings is 4. The summed E-state index contributed by atoms with van der Waals surface area (Å²) < 4.78 is 171. The Morgan fingerprint density at radius 3 is 0.959 bits per heavy atom. The van der Waals surface area contributed by atoms with Crippen LogP contribution in [-0.4, -0.2) is 37.3 Å². The molecule has 1 saturated heterocycles. The van der Waals surface area contributed by atoms with Gasteiger partial charge in [0.2, 0.25) is 0 Å². The highest BCUT2D eigenvalue weighted by atomic mass is 19.2. The van der Waals surface area contributed by atoms with Crippen molar-refractivity contribution in [3.05, 3.63) is 118 Å². The topological polar surface area (TPSA) is 0 Å². The third kappa shape index (κ3) is 7.79. The van der Waals surface area contributed by atoms with Crippen LogP contribution in [0.15, 0.2) is 48.5 Å². The standard InChI is InChI=1S/C24H8BF12.C11H24N/c26-13-1-9(2-14(27)21(13)34)25(10-3-15(28)22(35)16(29)4-10,11-5-17(30)23(36)18(31)6-11)12-7-19(32)24(37)20(33)8-12;1-3-4-5-6-9-12(2)10-7-8-11-12/h1-8H;3-11H2,1-2H3/q-1;+1. The van der Waals surface area contributed by atoms with Crippen molar-refractivity contribution >= 4 is 28.0 Å². The van der Waals surface area contributed by atoms with E-state index in [1.54, 1.807) is 0 Å². The first-order chi connectivity index (χ1) is 23.0. The molecule has 14 heteroatoms. The zero-order valence-corrected chi connectivity index (χ0v) is 26.5. The van der Waals surface area contributed by atoms with Crippen LogP contribution in [-0.2, 0) is 0 Å². The lowest BCUT2D eigenvalue weighted by atomic mass is 9.13. The Morgan fingerprint density at radius 2 is 0.714 bits per heavy atom. The number of unbranched alkanes of at least 4 members (excludes halogenated alkanes) is 3. The predicted octanol–water partition coefficient (Wildman–Crippen LogP) is 7.54. The minimum Gasteiger partial charge on any atom is -0.326 e. The first kappa shape index (κ1) is 37.9. The highest BCUT2D eigenvalue weighted by Gasteiger charge is 2.37. The fourth-order valence-corrected chi connectivity index (χ4v) is 6.70. The Kier molecular flexibility index (Phi) is 11.8. The van der Waals surface area contributed by atoms with Crippen LogP contribution in [0.2, 0.25) is 0 Å². The zero-order valence-electron chi connectivity index (χ0n) is 26.5. The second kappa shape index (κ2) is 15.3. The molecule has 0 saturated carbocycles. The highest BCUT2D eigenvalue weighted by molar-refractivity contribution is 7.19. The summed E-state index contributed by atoms with van der Waals surface area (Å²) in [7, 11) is 2.43. The smallest absolute Gasteiger partial charge is 0.194 e. The molecule has 0 bridgehead atoms. The maximum atomic E-state index is 14.4. The van der Waals surface area contributed by atoms with Crippen molar-refractivity contribution in [1.82, 2.24) is 0 Å². The van der Waals surface area contributed by atoms with Gasteiger partial charge < -0.3 is 4.48 Å². The third-order valence-corrected chi connectivity index (χ3v) is 9.22. The molecule has 1 heterocycles. The van der Waals surface area contributed by atoms with Crippen molar-refractivity contribution in [2.45, 2.75) is 45.4 Å². The summed E-state index contributed by atoms with van der Waals surface area (Å²) in [5.41, 5.74) is -3.79. The van der Waals surface area contributed by atoms with Gasteiger partial charge in [0.1, 0.15) is 6.15 Å². The van der Waals surface area contributed by atoms with E-state index in [1.165, 1.54) is 62.6 Å². The van der Waals surface area contributed by atoms with Crippen LogP contribution >= 0.6 is 0 Å². The van der Waals surface area contributed by atoms with E-state index in [0.717, 1.165) is 0 Å². The fraction of sp³-hybridized carbons (Fsp3) is 0.314. The molecule has 0 atom stereocenters. The summed E-state index contributed by atoms with van der Waals surface area (Å²) in [4.78, 5) is 0. The average Bonchev–Trinajstić information content (AvgIpc) is 3.48. The highest BCUT2D eigenvalue weighted by Crippen LogP contribution is 2.21. The molecular weight excluding hydrogens is 673 g/mol. The fourth-order valence-electron chi connectivity index (χ4n) is 6.70. The first-order valence-electron chi connectivity index (χ1n) is 15.6. The van der Waals surface area contributed by atoms with Crippen molar-refractivity contribution in [3.63, 3.8) is 0 Å². The van der Waals surface area contributed by atoms with Crippen LogP contribution in [0.25, 0.3) is 0 Å². The van der Waals surface area contributed by atoms with E-state index >= 15 is 0 Å². The molecule has 1 aliphatic rings. The minimum absolute atomic E-state index is 0.177. The molecule has 1 nitrogen and oxygen atoms in total. The Bertz CT molecular complexity index is 1500. The van der Waals surface area contributed by atoms with Gasteiger partial charge in [-0.1, -0.05) is 68.3 Å². The Hall–Kier alpha value is -3.94. The second-order valence-electron chi connectivity index (χ2n) is 12.6. The normalized spacial score (nSPS) is 14.2. The molecule has 1 aliphatic heterocycles. The molecular formula is C35H32BF12N.